The molecule has 0 bridgehead atoms. The lowest BCUT2D eigenvalue weighted by Crippen LogP contribution is -1.81. The van der Waals surface area contributed by atoms with E-state index in [-0.39, 0.29) is 5.78 Å². The van der Waals surface area contributed by atoms with Crippen LogP contribution in [0.25, 0.3) is 17.2 Å². The van der Waals surface area contributed by atoms with Gasteiger partial charge in [0.25, 0.3) is 0 Å². The van der Waals surface area contributed by atoms with Crippen LogP contribution in [0.5, 0.6) is 0 Å². The van der Waals surface area contributed by atoms with Crippen molar-refractivity contribution < 1.29 is 4.79 Å². The summed E-state index contributed by atoms with van der Waals surface area (Å²) in [6, 6.07) is 18.4. The van der Waals surface area contributed by atoms with E-state index in [2.05, 4.69) is 24.3 Å². The van der Waals surface area contributed by atoms with Gasteiger partial charge in [-0.1, -0.05) is 60.7 Å². The van der Waals surface area contributed by atoms with Gasteiger partial charge in [0.2, 0.25) is 0 Å². The first-order valence-corrected chi connectivity index (χ1v) is 5.60. The van der Waals surface area contributed by atoms with E-state index in [9.17, 15) is 4.79 Å². The summed E-state index contributed by atoms with van der Waals surface area (Å²) >= 11 is 0. The van der Waals surface area contributed by atoms with Crippen LogP contribution in [0.3, 0.4) is 0 Å². The van der Waals surface area contributed by atoms with Crippen molar-refractivity contribution in [1.29, 1.82) is 0 Å². The first-order chi connectivity index (χ1) is 8.25. The third-order valence-corrected chi connectivity index (χ3v) is 2.53. The van der Waals surface area contributed by atoms with E-state index in [4.69, 9.17) is 0 Å². The number of allylic oxidation sites excluding steroid dienone is 1. The quantitative estimate of drug-likeness (QED) is 0.718. The molecule has 0 saturated heterocycles. The van der Waals surface area contributed by atoms with Crippen molar-refractivity contribution in [3.8, 4) is 11.1 Å². The van der Waals surface area contributed by atoms with Gasteiger partial charge in [-0.3, -0.25) is 4.79 Å². The second kappa shape index (κ2) is 5.26. The monoisotopic (exact) mass is 222 g/mol. The van der Waals surface area contributed by atoms with Gasteiger partial charge in [-0.15, -0.1) is 0 Å². The fraction of sp³-hybridized carbons (Fsp3) is 0.0625. The van der Waals surface area contributed by atoms with E-state index in [0.29, 0.717) is 0 Å². The minimum absolute atomic E-state index is 0.0668. The van der Waals surface area contributed by atoms with Crippen LogP contribution in [0, 0.1) is 0 Å². The van der Waals surface area contributed by atoms with E-state index < -0.39 is 0 Å². The van der Waals surface area contributed by atoms with E-state index in [1.165, 1.54) is 11.1 Å². The maximum atomic E-state index is 10.8. The van der Waals surface area contributed by atoms with Crippen LogP contribution < -0.4 is 0 Å². The number of benzene rings is 2. The second-order valence-corrected chi connectivity index (χ2v) is 3.93. The van der Waals surface area contributed by atoms with Crippen molar-refractivity contribution in [2.24, 2.45) is 0 Å². The summed E-state index contributed by atoms with van der Waals surface area (Å²) in [5.41, 5.74) is 3.43. The zero-order chi connectivity index (χ0) is 12.1. The smallest absolute Gasteiger partial charge is 0.152 e. The predicted molar refractivity (Wildman–Crippen MR) is 71.6 cm³/mol. The molecule has 0 saturated carbocycles. The maximum absolute atomic E-state index is 10.8. The zero-order valence-electron chi connectivity index (χ0n) is 9.76. The number of carbonyl (C=O) groups is 1. The van der Waals surface area contributed by atoms with Crippen LogP contribution in [0.4, 0.5) is 0 Å². The predicted octanol–water partition coefficient (Wildman–Crippen LogP) is 3.96. The number of ketones is 1. The minimum atomic E-state index is 0.0668. The Morgan fingerprint density at radius 3 is 2.06 bits per heavy atom. The summed E-state index contributed by atoms with van der Waals surface area (Å²) < 4.78 is 0. The van der Waals surface area contributed by atoms with Crippen molar-refractivity contribution in [2.75, 3.05) is 0 Å². The van der Waals surface area contributed by atoms with Crippen LogP contribution in [0.15, 0.2) is 60.7 Å². The van der Waals surface area contributed by atoms with E-state index >= 15 is 0 Å². The number of carbonyl (C=O) groups excluding carboxylic acids is 1. The van der Waals surface area contributed by atoms with Crippen molar-refractivity contribution in [3.05, 3.63) is 66.2 Å². The molecule has 2 rings (SSSR count). The molecule has 0 spiro atoms. The lowest BCUT2D eigenvalue weighted by Gasteiger charge is -2.01. The van der Waals surface area contributed by atoms with E-state index in [1.807, 2.05) is 36.4 Å². The van der Waals surface area contributed by atoms with Gasteiger partial charge in [0, 0.05) is 0 Å². The molecule has 0 aliphatic carbocycles. The Morgan fingerprint density at radius 1 is 0.882 bits per heavy atom. The summed E-state index contributed by atoms with van der Waals surface area (Å²) in [6.07, 6.45) is 3.41. The van der Waals surface area contributed by atoms with Crippen molar-refractivity contribution in [3.63, 3.8) is 0 Å². The molecule has 0 aromatic heterocycles. The molecule has 84 valence electrons. The molecule has 0 atom stereocenters. The van der Waals surface area contributed by atoms with Gasteiger partial charge in [-0.05, 0) is 29.7 Å². The Labute approximate surface area is 101 Å². The molecule has 0 unspecified atom stereocenters. The summed E-state index contributed by atoms with van der Waals surface area (Å²) in [5.74, 6) is 0.0668. The number of hydrogen-bond donors (Lipinski definition) is 0. The van der Waals surface area contributed by atoms with Crippen LogP contribution >= 0.6 is 0 Å². The first-order valence-electron chi connectivity index (χ1n) is 5.60. The molecule has 0 aliphatic rings. The highest BCUT2D eigenvalue weighted by atomic mass is 16.1. The van der Waals surface area contributed by atoms with Crippen LogP contribution in [-0.2, 0) is 4.79 Å². The summed E-state index contributed by atoms with van der Waals surface area (Å²) in [5, 5.41) is 0. The third-order valence-electron chi connectivity index (χ3n) is 2.53. The van der Waals surface area contributed by atoms with Crippen molar-refractivity contribution >= 4 is 11.9 Å². The Bertz CT molecular complexity index is 521. The van der Waals surface area contributed by atoms with Gasteiger partial charge in [0.15, 0.2) is 5.78 Å². The lowest BCUT2D eigenvalue weighted by atomic mass is 10.0. The van der Waals surface area contributed by atoms with Gasteiger partial charge >= 0.3 is 0 Å². The molecule has 0 heterocycles. The van der Waals surface area contributed by atoms with Crippen LogP contribution in [0.2, 0.25) is 0 Å². The second-order valence-electron chi connectivity index (χ2n) is 3.93. The van der Waals surface area contributed by atoms with Crippen molar-refractivity contribution in [2.45, 2.75) is 6.92 Å². The fourth-order valence-corrected chi connectivity index (χ4v) is 1.63. The molecule has 1 heteroatoms. The van der Waals surface area contributed by atoms with Gasteiger partial charge in [-0.2, -0.15) is 0 Å². The van der Waals surface area contributed by atoms with Crippen LogP contribution in [-0.4, -0.2) is 5.78 Å². The maximum Gasteiger partial charge on any atom is 0.152 e. The molecule has 0 aliphatic heterocycles. The molecule has 1 nitrogen and oxygen atoms in total. The Hall–Kier alpha value is -2.15. The molecule has 17 heavy (non-hydrogen) atoms. The summed E-state index contributed by atoms with van der Waals surface area (Å²) in [4.78, 5) is 10.8. The molecule has 2 aromatic carbocycles. The van der Waals surface area contributed by atoms with Gasteiger partial charge in [-0.25, -0.2) is 0 Å². The third kappa shape index (κ3) is 3.15. The average molecular weight is 222 g/mol. The lowest BCUT2D eigenvalue weighted by molar-refractivity contribution is -0.112. The van der Waals surface area contributed by atoms with E-state index in [1.54, 1.807) is 13.0 Å². The van der Waals surface area contributed by atoms with E-state index in [0.717, 1.165) is 5.56 Å². The molecular weight excluding hydrogens is 208 g/mol. The normalized spacial score (nSPS) is 10.6. The fourth-order valence-electron chi connectivity index (χ4n) is 1.63. The van der Waals surface area contributed by atoms with Crippen molar-refractivity contribution in [1.82, 2.24) is 0 Å². The van der Waals surface area contributed by atoms with Gasteiger partial charge < -0.3 is 0 Å². The standard InChI is InChI=1S/C16H14O/c1-13(17)7-8-14-9-11-16(12-10-14)15-5-3-2-4-6-15/h2-12H,1H3. The van der Waals surface area contributed by atoms with Gasteiger partial charge in [0.05, 0.1) is 0 Å². The highest BCUT2D eigenvalue weighted by Crippen LogP contribution is 2.19. The Balaban J connectivity index is 2.22. The number of hydrogen-bond acceptors (Lipinski definition) is 1. The van der Waals surface area contributed by atoms with Crippen LogP contribution in [0.1, 0.15) is 12.5 Å². The minimum Gasteiger partial charge on any atom is -0.295 e. The first kappa shape index (κ1) is 11.3. The zero-order valence-corrected chi connectivity index (χ0v) is 9.76. The molecular formula is C16H14O. The summed E-state index contributed by atoms with van der Waals surface area (Å²) in [6.45, 7) is 1.55. The van der Waals surface area contributed by atoms with Gasteiger partial charge in [0.1, 0.15) is 0 Å². The molecule has 0 amide bonds. The highest BCUT2D eigenvalue weighted by Gasteiger charge is 1.95. The Morgan fingerprint density at radius 2 is 1.47 bits per heavy atom. The molecule has 0 fully saturated rings. The largest absolute Gasteiger partial charge is 0.295 e. The SMILES string of the molecule is CC(=O)C=Cc1ccc(-c2ccccc2)cc1. The highest BCUT2D eigenvalue weighted by molar-refractivity contribution is 5.91. The Kier molecular flexibility index (Phi) is 3.51. The molecule has 0 radical (unpaired) electrons. The number of rotatable bonds is 3. The molecule has 2 aromatic rings. The average Bonchev–Trinajstić information content (AvgIpc) is 2.38. The summed E-state index contributed by atoms with van der Waals surface area (Å²) in [7, 11) is 0. The molecule has 0 N–H and O–H groups in total. The topological polar surface area (TPSA) is 17.1 Å².